The molecule has 0 saturated heterocycles. The lowest BCUT2D eigenvalue weighted by Gasteiger charge is -2.02. The van der Waals surface area contributed by atoms with Crippen molar-refractivity contribution < 1.29 is 9.90 Å². The van der Waals surface area contributed by atoms with Gasteiger partial charge in [-0.1, -0.05) is 41.4 Å². The molecule has 0 aromatic heterocycles. The molecule has 0 aliphatic rings. The quantitative estimate of drug-likeness (QED) is 0.397. The molecule has 0 aromatic carbocycles. The summed E-state index contributed by atoms with van der Waals surface area (Å²) in [4.78, 5) is 13.8. The van der Waals surface area contributed by atoms with Gasteiger partial charge in [-0.3, -0.25) is 4.79 Å². The summed E-state index contributed by atoms with van der Waals surface area (Å²) in [7, 11) is 0. The van der Waals surface area contributed by atoms with Crippen LogP contribution in [0.1, 0.15) is 0 Å². The van der Waals surface area contributed by atoms with Crippen molar-refractivity contribution in [1.29, 1.82) is 0 Å². The standard InChI is InChI=1S/C10H12Cl3N3O2/c1-2-6(11)9(13)7(12)3-4-15-10(14)16-5-8(17)18/h2-3H,1,4-5H2,(H,17,18)(H3,14,15,16)/b7-3+,9-6-. The van der Waals surface area contributed by atoms with E-state index in [4.69, 9.17) is 45.6 Å². The maximum absolute atomic E-state index is 10.2. The number of nitrogens with one attached hydrogen (secondary N) is 1. The first-order valence-electron chi connectivity index (χ1n) is 4.67. The Balaban J connectivity index is 4.37. The number of allylic oxidation sites excluding steroid dienone is 4. The van der Waals surface area contributed by atoms with E-state index in [1.54, 1.807) is 0 Å². The van der Waals surface area contributed by atoms with Gasteiger partial charge in [-0.15, -0.1) is 0 Å². The summed E-state index contributed by atoms with van der Waals surface area (Å²) in [6.07, 6.45) is 2.87. The van der Waals surface area contributed by atoms with E-state index < -0.39 is 12.5 Å². The van der Waals surface area contributed by atoms with Gasteiger partial charge in [0.15, 0.2) is 5.96 Å². The normalized spacial score (nSPS) is 13.9. The largest absolute Gasteiger partial charge is 0.480 e. The lowest BCUT2D eigenvalue weighted by atomic mass is 10.4. The second kappa shape index (κ2) is 8.85. The lowest BCUT2D eigenvalue weighted by Crippen LogP contribution is -2.32. The minimum Gasteiger partial charge on any atom is -0.480 e. The van der Waals surface area contributed by atoms with E-state index in [1.165, 1.54) is 12.2 Å². The zero-order valence-corrected chi connectivity index (χ0v) is 11.6. The summed E-state index contributed by atoms with van der Waals surface area (Å²) in [6, 6.07) is 0. The number of hydrogen-bond donors (Lipinski definition) is 3. The van der Waals surface area contributed by atoms with Crippen LogP contribution in [0.2, 0.25) is 0 Å². The topological polar surface area (TPSA) is 87.7 Å². The van der Waals surface area contributed by atoms with Crippen LogP contribution >= 0.6 is 34.8 Å². The molecule has 0 radical (unpaired) electrons. The smallest absolute Gasteiger partial charge is 0.325 e. The van der Waals surface area contributed by atoms with Gasteiger partial charge >= 0.3 is 5.97 Å². The average Bonchev–Trinajstić information content (AvgIpc) is 2.34. The summed E-state index contributed by atoms with van der Waals surface area (Å²) < 4.78 is 0. The van der Waals surface area contributed by atoms with E-state index >= 15 is 0 Å². The highest BCUT2D eigenvalue weighted by atomic mass is 35.5. The molecule has 0 unspecified atom stereocenters. The van der Waals surface area contributed by atoms with Crippen LogP contribution in [-0.4, -0.2) is 30.1 Å². The maximum atomic E-state index is 10.2. The first kappa shape index (κ1) is 16.8. The Kier molecular flexibility index (Phi) is 8.28. The molecule has 0 bridgehead atoms. The Labute approximate surface area is 120 Å². The van der Waals surface area contributed by atoms with Crippen molar-refractivity contribution in [3.8, 4) is 0 Å². The van der Waals surface area contributed by atoms with Crippen molar-refractivity contribution in [2.24, 2.45) is 10.7 Å². The second-order valence-corrected chi connectivity index (χ2v) is 4.09. The number of carboxylic acids is 1. The molecule has 0 rings (SSSR count). The van der Waals surface area contributed by atoms with Crippen LogP contribution in [0.15, 0.2) is 38.8 Å². The fourth-order valence-corrected chi connectivity index (χ4v) is 1.23. The van der Waals surface area contributed by atoms with Gasteiger partial charge < -0.3 is 16.2 Å². The fraction of sp³-hybridized carbons (Fsp3) is 0.200. The number of nitrogens with zero attached hydrogens (tertiary/aromatic N) is 1. The van der Waals surface area contributed by atoms with E-state index in [0.717, 1.165) is 0 Å². The molecule has 18 heavy (non-hydrogen) atoms. The van der Waals surface area contributed by atoms with Crippen LogP contribution in [0, 0.1) is 0 Å². The summed E-state index contributed by atoms with van der Waals surface area (Å²) in [5.74, 6) is -1.08. The molecule has 0 aliphatic heterocycles. The lowest BCUT2D eigenvalue weighted by molar-refractivity contribution is -0.135. The molecular weight excluding hydrogens is 300 g/mol. The summed E-state index contributed by atoms with van der Waals surface area (Å²) in [5.41, 5.74) is 5.39. The molecule has 0 heterocycles. The third kappa shape index (κ3) is 7.21. The molecule has 0 atom stereocenters. The molecule has 100 valence electrons. The van der Waals surface area contributed by atoms with Crippen molar-refractivity contribution in [3.63, 3.8) is 0 Å². The van der Waals surface area contributed by atoms with Crippen molar-refractivity contribution in [1.82, 2.24) is 5.32 Å². The van der Waals surface area contributed by atoms with Gasteiger partial charge in [0.25, 0.3) is 0 Å². The van der Waals surface area contributed by atoms with E-state index in [1.807, 2.05) is 0 Å². The van der Waals surface area contributed by atoms with Crippen LogP contribution in [0.4, 0.5) is 0 Å². The average molecular weight is 313 g/mol. The minimum absolute atomic E-state index is 0.00645. The number of aliphatic imine (C=N–C) groups is 1. The summed E-state index contributed by atoms with van der Waals surface area (Å²) in [6.45, 7) is 3.27. The third-order valence-corrected chi connectivity index (χ3v) is 2.83. The second-order valence-electron chi connectivity index (χ2n) is 2.89. The van der Waals surface area contributed by atoms with Gasteiger partial charge in [-0.05, 0) is 12.2 Å². The molecule has 0 amide bonds. The SMILES string of the molecule is C=C/C(Cl)=C(Cl)\C(Cl)=C/CNC(N)=NCC(=O)O. The van der Waals surface area contributed by atoms with E-state index in [9.17, 15) is 4.79 Å². The molecular formula is C10H12Cl3N3O2. The van der Waals surface area contributed by atoms with Crippen molar-refractivity contribution in [3.05, 3.63) is 33.8 Å². The highest BCUT2D eigenvalue weighted by Gasteiger charge is 2.02. The number of aliphatic carboxylic acids is 1. The minimum atomic E-state index is -1.07. The molecule has 0 saturated carbocycles. The number of hydrogen-bond acceptors (Lipinski definition) is 2. The monoisotopic (exact) mass is 311 g/mol. The number of rotatable bonds is 6. The first-order chi connectivity index (χ1) is 8.38. The van der Waals surface area contributed by atoms with E-state index in [2.05, 4.69) is 16.9 Å². The van der Waals surface area contributed by atoms with Crippen LogP contribution in [0.5, 0.6) is 0 Å². The van der Waals surface area contributed by atoms with Crippen molar-refractivity contribution in [2.45, 2.75) is 0 Å². The van der Waals surface area contributed by atoms with E-state index in [-0.39, 0.29) is 27.6 Å². The Morgan fingerprint density at radius 3 is 2.56 bits per heavy atom. The Morgan fingerprint density at radius 1 is 1.44 bits per heavy atom. The number of carbonyl (C=O) groups is 1. The van der Waals surface area contributed by atoms with Gasteiger partial charge in [0.2, 0.25) is 0 Å². The Hall–Kier alpha value is -1.17. The van der Waals surface area contributed by atoms with E-state index in [0.29, 0.717) is 0 Å². The molecule has 0 spiro atoms. The molecule has 4 N–H and O–H groups in total. The van der Waals surface area contributed by atoms with Crippen LogP contribution in [0.25, 0.3) is 0 Å². The molecule has 0 aromatic rings. The van der Waals surface area contributed by atoms with Gasteiger partial charge in [-0.2, -0.15) is 0 Å². The highest BCUT2D eigenvalue weighted by Crippen LogP contribution is 2.25. The summed E-state index contributed by atoms with van der Waals surface area (Å²) >= 11 is 17.4. The zero-order valence-electron chi connectivity index (χ0n) is 9.29. The highest BCUT2D eigenvalue weighted by molar-refractivity contribution is 6.48. The Bertz CT molecular complexity index is 417. The van der Waals surface area contributed by atoms with Gasteiger partial charge in [0, 0.05) is 6.54 Å². The van der Waals surface area contributed by atoms with Crippen LogP contribution in [0.3, 0.4) is 0 Å². The maximum Gasteiger partial charge on any atom is 0.325 e. The molecule has 8 heteroatoms. The molecule has 0 fully saturated rings. The van der Waals surface area contributed by atoms with Gasteiger partial charge in [0.05, 0.1) is 15.1 Å². The van der Waals surface area contributed by atoms with Gasteiger partial charge in [-0.25, -0.2) is 4.99 Å². The molecule has 5 nitrogen and oxygen atoms in total. The number of guanidine groups is 1. The van der Waals surface area contributed by atoms with Crippen molar-refractivity contribution in [2.75, 3.05) is 13.1 Å². The summed E-state index contributed by atoms with van der Waals surface area (Å²) in [5, 5.41) is 11.6. The van der Waals surface area contributed by atoms with Crippen molar-refractivity contribution >= 4 is 46.7 Å². The first-order valence-corrected chi connectivity index (χ1v) is 5.81. The Morgan fingerprint density at radius 2 is 2.06 bits per heavy atom. The fourth-order valence-electron chi connectivity index (χ4n) is 0.747. The number of halogens is 3. The van der Waals surface area contributed by atoms with Crippen LogP contribution in [-0.2, 0) is 4.79 Å². The van der Waals surface area contributed by atoms with Crippen LogP contribution < -0.4 is 11.1 Å². The van der Waals surface area contributed by atoms with Gasteiger partial charge in [0.1, 0.15) is 6.54 Å². The zero-order chi connectivity index (χ0) is 14.1. The predicted molar refractivity (Wildman–Crippen MR) is 75.0 cm³/mol. The number of nitrogens with two attached hydrogens (primary N) is 1. The molecule has 0 aliphatic carbocycles. The third-order valence-electron chi connectivity index (χ3n) is 1.55. The number of carboxylic acid groups (broad SMARTS) is 1. The predicted octanol–water partition coefficient (Wildman–Crippen LogP) is 1.97.